The van der Waals surface area contributed by atoms with Gasteiger partial charge in [0.25, 0.3) is 0 Å². The van der Waals surface area contributed by atoms with Gasteiger partial charge >= 0.3 is 5.97 Å². The molecule has 0 atom stereocenters. The SMILES string of the molecule is CCOC(=O)c1ccccc1-c1cc(O)c(C#N)c(-c2ccc(Br)cc2)n1. The number of hydrogen-bond donors (Lipinski definition) is 1. The van der Waals surface area contributed by atoms with Crippen LogP contribution < -0.4 is 0 Å². The van der Waals surface area contributed by atoms with Crippen molar-refractivity contribution in [2.45, 2.75) is 6.92 Å². The van der Waals surface area contributed by atoms with E-state index in [0.717, 1.165) is 4.47 Å². The lowest BCUT2D eigenvalue weighted by atomic mass is 10.00. The Hall–Kier alpha value is -3.17. The fourth-order valence-corrected chi connectivity index (χ4v) is 2.95. The van der Waals surface area contributed by atoms with E-state index >= 15 is 0 Å². The maximum absolute atomic E-state index is 12.3. The first-order valence-electron chi connectivity index (χ1n) is 8.21. The molecule has 0 saturated carbocycles. The number of benzene rings is 2. The summed E-state index contributed by atoms with van der Waals surface area (Å²) in [7, 11) is 0. The number of pyridine rings is 1. The largest absolute Gasteiger partial charge is 0.506 e. The molecule has 0 radical (unpaired) electrons. The van der Waals surface area contributed by atoms with Crippen LogP contribution in [0.15, 0.2) is 59.1 Å². The first-order chi connectivity index (χ1) is 13.0. The summed E-state index contributed by atoms with van der Waals surface area (Å²) >= 11 is 3.37. The minimum atomic E-state index is -0.469. The van der Waals surface area contributed by atoms with E-state index < -0.39 is 5.97 Å². The molecule has 2 aromatic carbocycles. The van der Waals surface area contributed by atoms with Gasteiger partial charge in [0.2, 0.25) is 0 Å². The molecule has 0 bridgehead atoms. The number of aromatic hydroxyl groups is 1. The Labute approximate surface area is 165 Å². The number of rotatable bonds is 4. The molecule has 0 amide bonds. The summed E-state index contributed by atoms with van der Waals surface area (Å²) in [6.45, 7) is 1.99. The van der Waals surface area contributed by atoms with Gasteiger partial charge in [-0.2, -0.15) is 5.26 Å². The number of nitrogens with zero attached hydrogens (tertiary/aromatic N) is 2. The zero-order valence-corrected chi connectivity index (χ0v) is 16.0. The predicted molar refractivity (Wildman–Crippen MR) is 105 cm³/mol. The van der Waals surface area contributed by atoms with E-state index in [-0.39, 0.29) is 17.9 Å². The number of ether oxygens (including phenoxy) is 1. The summed E-state index contributed by atoms with van der Waals surface area (Å²) in [4.78, 5) is 16.8. The lowest BCUT2D eigenvalue weighted by molar-refractivity contribution is 0.0527. The molecular weight excluding hydrogens is 408 g/mol. The fraction of sp³-hybridized carbons (Fsp3) is 0.0952. The molecular formula is C21H15BrN2O3. The van der Waals surface area contributed by atoms with Crippen molar-refractivity contribution in [2.75, 3.05) is 6.61 Å². The highest BCUT2D eigenvalue weighted by molar-refractivity contribution is 9.10. The van der Waals surface area contributed by atoms with E-state index in [0.29, 0.717) is 28.1 Å². The molecule has 3 rings (SSSR count). The van der Waals surface area contributed by atoms with Gasteiger partial charge in [0.15, 0.2) is 0 Å². The van der Waals surface area contributed by atoms with Gasteiger partial charge in [0, 0.05) is 21.7 Å². The van der Waals surface area contributed by atoms with Gasteiger partial charge in [-0.15, -0.1) is 0 Å². The Morgan fingerprint density at radius 1 is 1.22 bits per heavy atom. The van der Waals surface area contributed by atoms with Crippen molar-refractivity contribution < 1.29 is 14.6 Å². The Morgan fingerprint density at radius 3 is 2.59 bits per heavy atom. The molecule has 0 spiro atoms. The van der Waals surface area contributed by atoms with Crippen molar-refractivity contribution in [2.24, 2.45) is 0 Å². The first-order valence-corrected chi connectivity index (χ1v) is 9.01. The summed E-state index contributed by atoms with van der Waals surface area (Å²) in [5.74, 6) is -0.664. The zero-order chi connectivity index (χ0) is 19.4. The number of nitriles is 1. The van der Waals surface area contributed by atoms with E-state index in [9.17, 15) is 15.2 Å². The minimum absolute atomic E-state index is 0.0784. The molecule has 0 aliphatic carbocycles. The number of esters is 1. The minimum Gasteiger partial charge on any atom is -0.506 e. The highest BCUT2D eigenvalue weighted by Crippen LogP contribution is 2.34. The number of carbonyl (C=O) groups is 1. The summed E-state index contributed by atoms with van der Waals surface area (Å²) in [6.07, 6.45) is 0. The molecule has 6 heteroatoms. The molecule has 0 aliphatic heterocycles. The van der Waals surface area contributed by atoms with E-state index in [4.69, 9.17) is 4.74 Å². The maximum atomic E-state index is 12.3. The zero-order valence-electron chi connectivity index (χ0n) is 14.4. The van der Waals surface area contributed by atoms with Gasteiger partial charge in [-0.05, 0) is 25.1 Å². The molecule has 1 heterocycles. The summed E-state index contributed by atoms with van der Waals surface area (Å²) < 4.78 is 5.99. The molecule has 1 aromatic heterocycles. The van der Waals surface area contributed by atoms with Crippen LogP contribution in [0, 0.1) is 11.3 Å². The summed E-state index contributed by atoms with van der Waals surface area (Å²) in [5, 5.41) is 19.9. The fourth-order valence-electron chi connectivity index (χ4n) is 2.69. The third-order valence-electron chi connectivity index (χ3n) is 3.93. The standard InChI is InChI=1S/C21H15BrN2O3/c1-2-27-21(26)16-6-4-3-5-15(16)18-11-19(25)17(12-23)20(24-18)13-7-9-14(22)10-8-13/h3-11H,2H2,1H3,(H,24,25). The lowest BCUT2D eigenvalue weighted by Gasteiger charge is -2.12. The molecule has 0 fully saturated rings. The van der Waals surface area contributed by atoms with Crippen molar-refractivity contribution in [3.05, 3.63) is 70.2 Å². The van der Waals surface area contributed by atoms with Crippen LogP contribution in [0.25, 0.3) is 22.5 Å². The smallest absolute Gasteiger partial charge is 0.338 e. The van der Waals surface area contributed by atoms with Crippen LogP contribution in [0.2, 0.25) is 0 Å². The molecule has 27 heavy (non-hydrogen) atoms. The van der Waals surface area contributed by atoms with Crippen LogP contribution in [-0.2, 0) is 4.74 Å². The highest BCUT2D eigenvalue weighted by Gasteiger charge is 2.19. The van der Waals surface area contributed by atoms with Crippen LogP contribution in [-0.4, -0.2) is 22.7 Å². The van der Waals surface area contributed by atoms with E-state index in [1.807, 2.05) is 18.2 Å². The molecule has 3 aromatic rings. The molecule has 0 aliphatic rings. The molecule has 134 valence electrons. The average Bonchev–Trinajstić information content (AvgIpc) is 2.68. The van der Waals surface area contributed by atoms with E-state index in [2.05, 4.69) is 20.9 Å². The van der Waals surface area contributed by atoms with E-state index in [1.54, 1.807) is 43.3 Å². The van der Waals surface area contributed by atoms with Crippen molar-refractivity contribution in [1.82, 2.24) is 4.98 Å². The second kappa shape index (κ2) is 8.02. The monoisotopic (exact) mass is 422 g/mol. The van der Waals surface area contributed by atoms with Gasteiger partial charge in [-0.1, -0.05) is 46.3 Å². The average molecular weight is 423 g/mol. The molecule has 0 unspecified atom stereocenters. The maximum Gasteiger partial charge on any atom is 0.338 e. The second-order valence-corrected chi connectivity index (χ2v) is 6.55. The van der Waals surface area contributed by atoms with Gasteiger partial charge in [0.1, 0.15) is 17.4 Å². The normalized spacial score (nSPS) is 10.3. The van der Waals surface area contributed by atoms with Gasteiger partial charge in [0.05, 0.1) is 23.6 Å². The molecule has 5 nitrogen and oxygen atoms in total. The topological polar surface area (TPSA) is 83.2 Å². The Morgan fingerprint density at radius 2 is 1.93 bits per heavy atom. The Bertz CT molecular complexity index is 1040. The highest BCUT2D eigenvalue weighted by atomic mass is 79.9. The predicted octanol–water partition coefficient (Wildman–Crippen LogP) is 4.93. The van der Waals surface area contributed by atoms with Gasteiger partial charge in [-0.3, -0.25) is 0 Å². The van der Waals surface area contributed by atoms with Crippen molar-refractivity contribution in [3.8, 4) is 34.3 Å². The Kier molecular flexibility index (Phi) is 5.53. The summed E-state index contributed by atoms with van der Waals surface area (Å²) in [5.41, 5.74) is 2.36. The van der Waals surface area contributed by atoms with Gasteiger partial charge in [-0.25, -0.2) is 9.78 Å². The first kappa shape index (κ1) is 18.6. The lowest BCUT2D eigenvalue weighted by Crippen LogP contribution is -2.07. The van der Waals surface area contributed by atoms with Crippen LogP contribution in [0.3, 0.4) is 0 Å². The van der Waals surface area contributed by atoms with E-state index in [1.165, 1.54) is 6.07 Å². The van der Waals surface area contributed by atoms with Crippen molar-refractivity contribution in [1.29, 1.82) is 5.26 Å². The quantitative estimate of drug-likeness (QED) is 0.602. The summed E-state index contributed by atoms with van der Waals surface area (Å²) in [6, 6.07) is 17.5. The second-order valence-electron chi connectivity index (χ2n) is 5.63. The molecule has 0 saturated heterocycles. The molecule has 1 N–H and O–H groups in total. The van der Waals surface area contributed by atoms with Crippen molar-refractivity contribution >= 4 is 21.9 Å². The third-order valence-corrected chi connectivity index (χ3v) is 4.46. The number of halogens is 1. The van der Waals surface area contributed by atoms with Gasteiger partial charge < -0.3 is 9.84 Å². The third kappa shape index (κ3) is 3.83. The van der Waals surface area contributed by atoms with Crippen LogP contribution in [0.4, 0.5) is 0 Å². The van der Waals surface area contributed by atoms with Crippen LogP contribution in [0.1, 0.15) is 22.8 Å². The number of hydrogen-bond acceptors (Lipinski definition) is 5. The number of carbonyl (C=O) groups excluding carboxylic acids is 1. The van der Waals surface area contributed by atoms with Crippen LogP contribution in [0.5, 0.6) is 5.75 Å². The Balaban J connectivity index is 2.21. The number of aromatic nitrogens is 1. The van der Waals surface area contributed by atoms with Crippen molar-refractivity contribution in [3.63, 3.8) is 0 Å². The van der Waals surface area contributed by atoms with Crippen LogP contribution >= 0.6 is 15.9 Å².